The Morgan fingerprint density at radius 3 is 2.78 bits per heavy atom. The standard InChI is InChI=1S/C17H19NO8S/c1-7(19)11-14(20)18-12(13(27-15(11)18)9-4-3-5-23-9)16(21)24-6-10-8(2)25-17(22)26-10/h7,9,11,15,19H,3-6H2,1-2H3/t7-,9-,11+,15+/m0/s1. The second-order valence-electron chi connectivity index (χ2n) is 6.71. The van der Waals surface area contributed by atoms with Crippen LogP contribution in [0.2, 0.25) is 0 Å². The average Bonchev–Trinajstić information content (AvgIpc) is 3.29. The topological polar surface area (TPSA) is 119 Å². The third-order valence-corrected chi connectivity index (χ3v) is 6.37. The largest absolute Gasteiger partial charge is 0.519 e. The normalized spacial score (nSPS) is 28.3. The van der Waals surface area contributed by atoms with Crippen LogP contribution in [0.1, 0.15) is 31.3 Å². The van der Waals surface area contributed by atoms with E-state index in [-0.39, 0.29) is 41.2 Å². The van der Waals surface area contributed by atoms with Crippen molar-refractivity contribution >= 4 is 23.6 Å². The van der Waals surface area contributed by atoms with Gasteiger partial charge in [-0.15, -0.1) is 0 Å². The average molecular weight is 397 g/mol. The van der Waals surface area contributed by atoms with Gasteiger partial charge in [0, 0.05) is 11.5 Å². The van der Waals surface area contributed by atoms with Crippen LogP contribution >= 0.6 is 11.8 Å². The van der Waals surface area contributed by atoms with Gasteiger partial charge in [-0.25, -0.2) is 9.59 Å². The van der Waals surface area contributed by atoms with Gasteiger partial charge in [0.2, 0.25) is 5.91 Å². The summed E-state index contributed by atoms with van der Waals surface area (Å²) in [6, 6.07) is 0. The summed E-state index contributed by atoms with van der Waals surface area (Å²) in [6.45, 7) is 3.40. The summed E-state index contributed by atoms with van der Waals surface area (Å²) in [6.07, 6.45) is 0.548. The zero-order valence-electron chi connectivity index (χ0n) is 14.8. The second-order valence-corrected chi connectivity index (χ2v) is 7.87. The number of thioether (sulfide) groups is 1. The Kier molecular flexibility index (Phi) is 4.65. The number of aryl methyl sites for hydroxylation is 1. The Morgan fingerprint density at radius 2 is 2.19 bits per heavy atom. The predicted molar refractivity (Wildman–Crippen MR) is 91.2 cm³/mol. The maximum absolute atomic E-state index is 12.8. The Hall–Kier alpha value is -2.04. The molecule has 4 atom stereocenters. The van der Waals surface area contributed by atoms with E-state index < -0.39 is 23.8 Å². The molecule has 0 radical (unpaired) electrons. The lowest BCUT2D eigenvalue weighted by Gasteiger charge is -2.43. The van der Waals surface area contributed by atoms with Crippen LogP contribution in [-0.2, 0) is 25.7 Å². The molecule has 27 heavy (non-hydrogen) atoms. The number of rotatable bonds is 5. The number of esters is 1. The second kappa shape index (κ2) is 6.84. The van der Waals surface area contributed by atoms with E-state index >= 15 is 0 Å². The van der Waals surface area contributed by atoms with Gasteiger partial charge in [-0.2, -0.15) is 0 Å². The van der Waals surface area contributed by atoms with Gasteiger partial charge in [-0.1, -0.05) is 11.8 Å². The van der Waals surface area contributed by atoms with Crippen LogP contribution in [0.4, 0.5) is 0 Å². The molecule has 0 saturated carbocycles. The Morgan fingerprint density at radius 1 is 1.41 bits per heavy atom. The van der Waals surface area contributed by atoms with Crippen LogP contribution in [0.5, 0.6) is 0 Å². The van der Waals surface area contributed by atoms with Crippen LogP contribution in [0, 0.1) is 12.8 Å². The number of aliphatic hydroxyl groups is 1. The van der Waals surface area contributed by atoms with Crippen molar-refractivity contribution in [2.24, 2.45) is 5.92 Å². The minimum Gasteiger partial charge on any atom is -0.453 e. The van der Waals surface area contributed by atoms with Gasteiger partial charge in [-0.3, -0.25) is 9.69 Å². The molecule has 0 aromatic carbocycles. The van der Waals surface area contributed by atoms with E-state index in [0.717, 1.165) is 12.8 Å². The van der Waals surface area contributed by atoms with Gasteiger partial charge >= 0.3 is 11.8 Å². The molecular formula is C17H19NO8S. The SMILES string of the molecule is Cc1oc(=O)oc1COC(=O)C1=C([C@@H]2CCCO2)S[C@@H]2[C@H]([C@H](C)O)C(=O)N12. The van der Waals surface area contributed by atoms with Crippen molar-refractivity contribution in [2.45, 2.75) is 50.9 Å². The van der Waals surface area contributed by atoms with E-state index in [2.05, 4.69) is 0 Å². The monoisotopic (exact) mass is 397 g/mol. The Labute approximate surface area is 158 Å². The first-order valence-electron chi connectivity index (χ1n) is 8.68. The van der Waals surface area contributed by atoms with Crippen molar-refractivity contribution in [1.29, 1.82) is 0 Å². The molecule has 0 aliphatic carbocycles. The maximum atomic E-state index is 12.8. The highest BCUT2D eigenvalue weighted by Gasteiger charge is 2.58. The third-order valence-electron chi connectivity index (χ3n) is 4.91. The van der Waals surface area contributed by atoms with E-state index in [0.29, 0.717) is 11.5 Å². The van der Waals surface area contributed by atoms with Gasteiger partial charge in [0.25, 0.3) is 0 Å². The number of carbonyl (C=O) groups is 2. The summed E-state index contributed by atoms with van der Waals surface area (Å²) in [5, 5.41) is 9.53. The minimum absolute atomic E-state index is 0.117. The molecule has 2 saturated heterocycles. The van der Waals surface area contributed by atoms with Gasteiger partial charge in [0.1, 0.15) is 11.1 Å². The first kappa shape index (κ1) is 18.3. The summed E-state index contributed by atoms with van der Waals surface area (Å²) in [5.74, 6) is -2.09. The number of aliphatic hydroxyl groups excluding tert-OH is 1. The highest BCUT2D eigenvalue weighted by atomic mass is 32.2. The molecule has 1 N–H and O–H groups in total. The number of hydrogen-bond acceptors (Lipinski definition) is 9. The lowest BCUT2D eigenvalue weighted by molar-refractivity contribution is -0.158. The fourth-order valence-corrected chi connectivity index (χ4v) is 5.21. The number of amides is 1. The number of hydrogen-bond donors (Lipinski definition) is 1. The summed E-state index contributed by atoms with van der Waals surface area (Å²) in [4.78, 5) is 38.4. The van der Waals surface area contributed by atoms with Crippen molar-refractivity contribution in [1.82, 2.24) is 4.90 Å². The third kappa shape index (κ3) is 3.01. The van der Waals surface area contributed by atoms with Crippen molar-refractivity contribution in [3.63, 3.8) is 0 Å². The quantitative estimate of drug-likeness (QED) is 0.570. The van der Waals surface area contributed by atoms with Gasteiger partial charge in [0.15, 0.2) is 18.1 Å². The Bertz CT molecular complexity index is 863. The molecule has 2 fully saturated rings. The summed E-state index contributed by atoms with van der Waals surface area (Å²) in [5.41, 5.74) is 0.155. The highest BCUT2D eigenvalue weighted by Crippen LogP contribution is 2.52. The smallest absolute Gasteiger partial charge is 0.453 e. The fourth-order valence-electron chi connectivity index (χ4n) is 3.52. The van der Waals surface area contributed by atoms with Gasteiger partial charge in [-0.05, 0) is 26.7 Å². The number of carbonyl (C=O) groups excluding carboxylic acids is 2. The summed E-state index contributed by atoms with van der Waals surface area (Å²) >= 11 is 1.37. The molecule has 3 aliphatic rings. The van der Waals surface area contributed by atoms with E-state index in [1.165, 1.54) is 23.6 Å². The first-order valence-corrected chi connectivity index (χ1v) is 9.56. The van der Waals surface area contributed by atoms with Gasteiger partial charge in [0.05, 0.1) is 18.1 Å². The molecular weight excluding hydrogens is 378 g/mol. The number of β-lactam (4-membered cyclic amide) rings is 1. The zero-order valence-corrected chi connectivity index (χ0v) is 15.6. The lowest BCUT2D eigenvalue weighted by Crippen LogP contribution is -2.60. The van der Waals surface area contributed by atoms with Crippen LogP contribution < -0.4 is 5.82 Å². The molecule has 4 heterocycles. The molecule has 3 aliphatic heterocycles. The highest BCUT2D eigenvalue weighted by molar-refractivity contribution is 8.04. The molecule has 146 valence electrons. The van der Waals surface area contributed by atoms with E-state index in [1.54, 1.807) is 6.92 Å². The van der Waals surface area contributed by atoms with Crippen LogP contribution in [-0.4, -0.2) is 46.1 Å². The minimum atomic E-state index is -0.869. The van der Waals surface area contributed by atoms with Crippen LogP contribution in [0.25, 0.3) is 0 Å². The van der Waals surface area contributed by atoms with Crippen LogP contribution in [0.3, 0.4) is 0 Å². The zero-order chi connectivity index (χ0) is 19.3. The van der Waals surface area contributed by atoms with E-state index in [1.807, 2.05) is 0 Å². The molecule has 0 unspecified atom stereocenters. The molecule has 1 aromatic heterocycles. The number of ether oxygens (including phenoxy) is 2. The van der Waals surface area contributed by atoms with Crippen molar-refractivity contribution in [3.05, 3.63) is 32.7 Å². The molecule has 4 rings (SSSR count). The van der Waals surface area contributed by atoms with Crippen molar-refractivity contribution in [3.8, 4) is 0 Å². The Balaban J connectivity index is 1.57. The fraction of sp³-hybridized carbons (Fsp3) is 0.588. The van der Waals surface area contributed by atoms with E-state index in [4.69, 9.17) is 18.3 Å². The molecule has 1 aromatic rings. The van der Waals surface area contributed by atoms with Crippen molar-refractivity contribution < 1.29 is 33.0 Å². The first-order chi connectivity index (χ1) is 12.9. The molecule has 9 nitrogen and oxygen atoms in total. The number of nitrogens with zero attached hydrogens (tertiary/aromatic N) is 1. The maximum Gasteiger partial charge on any atom is 0.519 e. The summed E-state index contributed by atoms with van der Waals surface area (Å²) in [7, 11) is 0. The van der Waals surface area contributed by atoms with Crippen molar-refractivity contribution in [2.75, 3.05) is 6.61 Å². The molecule has 0 spiro atoms. The molecule has 10 heteroatoms. The number of fused-ring (bicyclic) bond motifs is 1. The summed E-state index contributed by atoms with van der Waals surface area (Å²) < 4.78 is 20.5. The van der Waals surface area contributed by atoms with Crippen LogP contribution in [0.15, 0.2) is 24.2 Å². The van der Waals surface area contributed by atoms with Gasteiger partial charge < -0.3 is 23.4 Å². The lowest BCUT2D eigenvalue weighted by atomic mass is 9.92. The molecule has 0 bridgehead atoms. The predicted octanol–water partition coefficient (Wildman–Crippen LogP) is 0.887. The van der Waals surface area contributed by atoms with E-state index in [9.17, 15) is 19.5 Å². The molecule has 1 amide bonds.